The molecule has 3 aromatic heterocycles. The van der Waals surface area contributed by atoms with Crippen LogP contribution in [0.1, 0.15) is 46.9 Å². The number of methoxy groups -OCH3 is 2. The minimum Gasteiger partial charge on any atom is -0.493 e. The highest BCUT2D eigenvalue weighted by atomic mass is 19.4. The first-order valence-electron chi connectivity index (χ1n) is 11.7. The molecule has 0 saturated carbocycles. The number of rotatable bonds is 5. The van der Waals surface area contributed by atoms with Gasteiger partial charge in [-0.15, -0.1) is 0 Å². The van der Waals surface area contributed by atoms with Gasteiger partial charge in [0.2, 0.25) is 0 Å². The lowest BCUT2D eigenvalue weighted by molar-refractivity contribution is -0.142. The Kier molecular flexibility index (Phi) is 6.45. The first-order chi connectivity index (χ1) is 17.8. The SMILES string of the molecule is COc1ccc(-c2cc(C(F)(F)F)n3ncc(C(=O)N4CCCCC4c4cccnc4)c3n2)cc1OC. The molecule has 0 spiro atoms. The van der Waals surface area contributed by atoms with Crippen LogP contribution in [0.2, 0.25) is 0 Å². The number of alkyl halides is 3. The summed E-state index contributed by atoms with van der Waals surface area (Å²) in [5.41, 5.74) is 0.0729. The summed E-state index contributed by atoms with van der Waals surface area (Å²) in [6.07, 6.45) is 2.24. The number of piperidine rings is 1. The largest absolute Gasteiger partial charge is 0.493 e. The Morgan fingerprint density at radius 2 is 1.86 bits per heavy atom. The zero-order chi connectivity index (χ0) is 26.2. The highest BCUT2D eigenvalue weighted by molar-refractivity contribution is 6.00. The molecule has 0 radical (unpaired) electrons. The van der Waals surface area contributed by atoms with Crippen LogP contribution >= 0.6 is 0 Å². The van der Waals surface area contributed by atoms with Crippen molar-refractivity contribution >= 4 is 11.6 Å². The highest BCUT2D eigenvalue weighted by Crippen LogP contribution is 2.37. The van der Waals surface area contributed by atoms with Gasteiger partial charge in [0.05, 0.1) is 32.2 Å². The molecule has 0 N–H and O–H groups in total. The molecule has 1 aromatic carbocycles. The van der Waals surface area contributed by atoms with Crippen LogP contribution in [0, 0.1) is 0 Å². The summed E-state index contributed by atoms with van der Waals surface area (Å²) in [4.78, 5) is 24.1. The summed E-state index contributed by atoms with van der Waals surface area (Å²) >= 11 is 0. The van der Waals surface area contributed by atoms with Crippen LogP contribution in [0.5, 0.6) is 11.5 Å². The Labute approximate surface area is 210 Å². The molecule has 1 unspecified atom stereocenters. The number of halogens is 3. The molecule has 5 rings (SSSR count). The van der Waals surface area contributed by atoms with E-state index < -0.39 is 17.8 Å². The Morgan fingerprint density at radius 3 is 2.57 bits per heavy atom. The normalized spacial score (nSPS) is 16.1. The van der Waals surface area contributed by atoms with E-state index >= 15 is 0 Å². The molecule has 0 aliphatic carbocycles. The lowest BCUT2D eigenvalue weighted by Crippen LogP contribution is -2.38. The molecule has 4 heterocycles. The maximum Gasteiger partial charge on any atom is 0.433 e. The molecule has 1 fully saturated rings. The standard InChI is InChI=1S/C26H24F3N5O3/c1-36-21-9-8-16(12-22(21)37-2)19-13-23(26(27,28)29)34-24(32-19)18(15-31-34)25(35)33-11-4-3-7-20(33)17-6-5-10-30-14-17/h5-6,8-10,12-15,20H,3-4,7,11H2,1-2H3. The third-order valence-corrected chi connectivity index (χ3v) is 6.50. The molecule has 1 atom stereocenters. The van der Waals surface area contributed by atoms with Gasteiger partial charge >= 0.3 is 6.18 Å². The number of carbonyl (C=O) groups is 1. The van der Waals surface area contributed by atoms with E-state index in [0.717, 1.165) is 37.1 Å². The van der Waals surface area contributed by atoms with Crippen LogP contribution in [-0.2, 0) is 6.18 Å². The number of hydrogen-bond donors (Lipinski definition) is 0. The summed E-state index contributed by atoms with van der Waals surface area (Å²) in [6, 6.07) is 9.08. The van der Waals surface area contributed by atoms with E-state index in [1.54, 1.807) is 41.6 Å². The number of pyridine rings is 1. The minimum atomic E-state index is -4.73. The molecule has 37 heavy (non-hydrogen) atoms. The molecule has 0 bridgehead atoms. The number of amides is 1. The van der Waals surface area contributed by atoms with Crippen LogP contribution in [0.25, 0.3) is 16.9 Å². The third kappa shape index (κ3) is 4.56. The van der Waals surface area contributed by atoms with E-state index in [1.165, 1.54) is 14.2 Å². The zero-order valence-corrected chi connectivity index (χ0v) is 20.2. The molecular formula is C26H24F3N5O3. The molecule has 8 nitrogen and oxygen atoms in total. The highest BCUT2D eigenvalue weighted by Gasteiger charge is 2.37. The van der Waals surface area contributed by atoms with Crippen molar-refractivity contribution < 1.29 is 27.4 Å². The van der Waals surface area contributed by atoms with Gasteiger partial charge in [-0.3, -0.25) is 9.78 Å². The van der Waals surface area contributed by atoms with Crippen LogP contribution in [0.4, 0.5) is 13.2 Å². The zero-order valence-electron chi connectivity index (χ0n) is 20.2. The second-order valence-electron chi connectivity index (χ2n) is 8.68. The van der Waals surface area contributed by atoms with Gasteiger partial charge in [0.25, 0.3) is 5.91 Å². The monoisotopic (exact) mass is 511 g/mol. The summed E-state index contributed by atoms with van der Waals surface area (Å²) < 4.78 is 53.5. The van der Waals surface area contributed by atoms with Crippen molar-refractivity contribution in [2.24, 2.45) is 0 Å². The van der Waals surface area contributed by atoms with Gasteiger partial charge in [-0.25, -0.2) is 9.50 Å². The van der Waals surface area contributed by atoms with Crippen molar-refractivity contribution in [3.05, 3.63) is 71.8 Å². The quantitative estimate of drug-likeness (QED) is 0.367. The smallest absolute Gasteiger partial charge is 0.433 e. The lowest BCUT2D eigenvalue weighted by atomic mass is 9.95. The topological polar surface area (TPSA) is 81.9 Å². The van der Waals surface area contributed by atoms with E-state index in [9.17, 15) is 18.0 Å². The number of benzene rings is 1. The number of hydrogen-bond acceptors (Lipinski definition) is 6. The average Bonchev–Trinajstić information content (AvgIpc) is 3.35. The van der Waals surface area contributed by atoms with Crippen LogP contribution < -0.4 is 9.47 Å². The molecule has 4 aromatic rings. The van der Waals surface area contributed by atoms with E-state index in [2.05, 4.69) is 15.1 Å². The van der Waals surface area contributed by atoms with E-state index in [4.69, 9.17) is 9.47 Å². The van der Waals surface area contributed by atoms with Gasteiger partial charge in [-0.05, 0) is 55.2 Å². The van der Waals surface area contributed by atoms with E-state index in [-0.39, 0.29) is 22.9 Å². The Morgan fingerprint density at radius 1 is 1.05 bits per heavy atom. The Hall–Kier alpha value is -4.15. The van der Waals surface area contributed by atoms with Gasteiger partial charge in [0.15, 0.2) is 22.8 Å². The van der Waals surface area contributed by atoms with Gasteiger partial charge in [0, 0.05) is 24.5 Å². The second-order valence-corrected chi connectivity index (χ2v) is 8.68. The van der Waals surface area contributed by atoms with Crippen LogP contribution in [-0.4, -0.2) is 51.2 Å². The summed E-state index contributed by atoms with van der Waals surface area (Å²) in [7, 11) is 2.90. The maximum absolute atomic E-state index is 14.1. The van der Waals surface area contributed by atoms with Crippen LogP contribution in [0.3, 0.4) is 0 Å². The van der Waals surface area contributed by atoms with Gasteiger partial charge in [-0.2, -0.15) is 18.3 Å². The number of aromatic nitrogens is 4. The van der Waals surface area contributed by atoms with Crippen molar-refractivity contribution in [2.75, 3.05) is 20.8 Å². The fourth-order valence-corrected chi connectivity index (χ4v) is 4.71. The van der Waals surface area contributed by atoms with Crippen molar-refractivity contribution in [3.63, 3.8) is 0 Å². The number of nitrogens with zero attached hydrogens (tertiary/aromatic N) is 5. The van der Waals surface area contributed by atoms with E-state index in [1.807, 2.05) is 6.07 Å². The summed E-state index contributed by atoms with van der Waals surface area (Å²) in [5.74, 6) is 0.344. The molecular weight excluding hydrogens is 487 g/mol. The molecule has 1 amide bonds. The lowest BCUT2D eigenvalue weighted by Gasteiger charge is -2.35. The fraction of sp³-hybridized carbons (Fsp3) is 0.308. The predicted octanol–water partition coefficient (Wildman–Crippen LogP) is 5.19. The number of fused-ring (bicyclic) bond motifs is 1. The molecule has 192 valence electrons. The first kappa shape index (κ1) is 24.5. The Balaban J connectivity index is 1.63. The third-order valence-electron chi connectivity index (χ3n) is 6.50. The summed E-state index contributed by atoms with van der Waals surface area (Å²) in [6.45, 7) is 0.469. The van der Waals surface area contributed by atoms with Crippen molar-refractivity contribution in [2.45, 2.75) is 31.5 Å². The van der Waals surface area contributed by atoms with Crippen molar-refractivity contribution in [1.82, 2.24) is 24.5 Å². The number of likely N-dealkylation sites (tertiary alicyclic amines) is 1. The molecule has 11 heteroatoms. The van der Waals surface area contributed by atoms with Crippen molar-refractivity contribution in [3.8, 4) is 22.8 Å². The minimum absolute atomic E-state index is 0.00335. The predicted molar refractivity (Wildman–Crippen MR) is 128 cm³/mol. The number of ether oxygens (including phenoxy) is 2. The summed E-state index contributed by atoms with van der Waals surface area (Å²) in [5, 5.41) is 3.92. The van der Waals surface area contributed by atoms with Gasteiger partial charge < -0.3 is 14.4 Å². The van der Waals surface area contributed by atoms with Crippen molar-refractivity contribution in [1.29, 1.82) is 0 Å². The average molecular weight is 512 g/mol. The molecule has 1 aliphatic heterocycles. The van der Waals surface area contributed by atoms with Gasteiger partial charge in [0.1, 0.15) is 5.56 Å². The Bertz CT molecular complexity index is 1440. The number of carbonyl (C=O) groups excluding carboxylic acids is 1. The first-order valence-corrected chi connectivity index (χ1v) is 11.7. The fourth-order valence-electron chi connectivity index (χ4n) is 4.71. The van der Waals surface area contributed by atoms with Gasteiger partial charge in [-0.1, -0.05) is 6.07 Å². The molecule has 1 aliphatic rings. The second kappa shape index (κ2) is 9.72. The molecule has 1 saturated heterocycles. The van der Waals surface area contributed by atoms with E-state index in [0.29, 0.717) is 28.1 Å². The van der Waals surface area contributed by atoms with Crippen LogP contribution in [0.15, 0.2) is 55.0 Å². The maximum atomic E-state index is 14.1.